The van der Waals surface area contributed by atoms with Crippen molar-refractivity contribution in [3.05, 3.63) is 57.7 Å². The Morgan fingerprint density at radius 2 is 2.23 bits per heavy atom. The molecule has 0 bridgehead atoms. The second-order valence-electron chi connectivity index (χ2n) is 5.86. The van der Waals surface area contributed by atoms with Gasteiger partial charge in [-0.2, -0.15) is 0 Å². The lowest BCUT2D eigenvalue weighted by Crippen LogP contribution is -2.14. The Bertz CT molecular complexity index is 1080. The molecule has 0 saturated heterocycles. The van der Waals surface area contributed by atoms with Crippen LogP contribution in [-0.2, 0) is 17.9 Å². The van der Waals surface area contributed by atoms with Crippen LogP contribution in [0, 0.1) is 23.1 Å². The van der Waals surface area contributed by atoms with E-state index in [-0.39, 0.29) is 31.5 Å². The molecule has 2 aromatic carbocycles. The molecule has 1 N–H and O–H groups in total. The molecule has 3 aromatic rings. The fourth-order valence-electron chi connectivity index (χ4n) is 3.28. The molecule has 0 radical (unpaired) electrons. The maximum absolute atomic E-state index is 14.0. The van der Waals surface area contributed by atoms with Gasteiger partial charge in [0, 0.05) is 22.1 Å². The van der Waals surface area contributed by atoms with Gasteiger partial charge in [0.1, 0.15) is 11.6 Å². The Kier molecular flexibility index (Phi) is 3.82. The van der Waals surface area contributed by atoms with Crippen molar-refractivity contribution in [1.29, 1.82) is 0 Å². The Morgan fingerprint density at radius 3 is 3.00 bits per heavy atom. The number of terminal acetylenes is 1. The SMILES string of the molecule is C#Cc1cccc2c1c(N=O)c(O)n2Cc1cc(F)cc2c1OCOC2. The number of ether oxygens (including phenoxy) is 2. The van der Waals surface area contributed by atoms with Crippen LogP contribution in [0.15, 0.2) is 35.5 Å². The molecule has 2 heterocycles. The summed E-state index contributed by atoms with van der Waals surface area (Å²) in [5, 5.41) is 13.8. The van der Waals surface area contributed by atoms with E-state index in [1.807, 2.05) is 0 Å². The highest BCUT2D eigenvalue weighted by molar-refractivity contribution is 5.99. The van der Waals surface area contributed by atoms with E-state index in [4.69, 9.17) is 15.9 Å². The van der Waals surface area contributed by atoms with Crippen LogP contribution in [0.3, 0.4) is 0 Å². The monoisotopic (exact) mass is 352 g/mol. The molecule has 4 rings (SSSR count). The van der Waals surface area contributed by atoms with Crippen molar-refractivity contribution in [2.24, 2.45) is 5.18 Å². The zero-order valence-electron chi connectivity index (χ0n) is 13.5. The third-order valence-corrected chi connectivity index (χ3v) is 4.36. The lowest BCUT2D eigenvalue weighted by molar-refractivity contribution is -0.0173. The Hall–Kier alpha value is -3.37. The van der Waals surface area contributed by atoms with Gasteiger partial charge in [0.15, 0.2) is 12.5 Å². The van der Waals surface area contributed by atoms with E-state index in [1.54, 1.807) is 18.2 Å². The summed E-state index contributed by atoms with van der Waals surface area (Å²) in [5.41, 5.74) is 1.93. The number of fused-ring (bicyclic) bond motifs is 2. The number of nitrogens with zero attached hydrogens (tertiary/aromatic N) is 2. The van der Waals surface area contributed by atoms with E-state index in [0.717, 1.165) is 0 Å². The third-order valence-electron chi connectivity index (χ3n) is 4.36. The first-order chi connectivity index (χ1) is 12.6. The third kappa shape index (κ3) is 2.39. The Morgan fingerprint density at radius 1 is 1.38 bits per heavy atom. The average Bonchev–Trinajstić information content (AvgIpc) is 2.93. The molecular weight excluding hydrogens is 339 g/mol. The smallest absolute Gasteiger partial charge is 0.222 e. The van der Waals surface area contributed by atoms with Crippen molar-refractivity contribution in [1.82, 2.24) is 4.57 Å². The van der Waals surface area contributed by atoms with Gasteiger partial charge < -0.3 is 19.1 Å². The van der Waals surface area contributed by atoms with Gasteiger partial charge in [-0.3, -0.25) is 0 Å². The van der Waals surface area contributed by atoms with Gasteiger partial charge in [-0.25, -0.2) is 4.39 Å². The van der Waals surface area contributed by atoms with Crippen LogP contribution in [0.25, 0.3) is 10.9 Å². The molecule has 0 aliphatic carbocycles. The average molecular weight is 352 g/mol. The van der Waals surface area contributed by atoms with Gasteiger partial charge in [-0.15, -0.1) is 11.3 Å². The van der Waals surface area contributed by atoms with Crippen molar-refractivity contribution in [2.45, 2.75) is 13.2 Å². The predicted octanol–water partition coefficient (Wildman–Crippen LogP) is 3.78. The number of aromatic hydroxyl groups is 1. The summed E-state index contributed by atoms with van der Waals surface area (Å²) in [5.74, 6) is 2.22. The molecule has 1 aromatic heterocycles. The number of benzene rings is 2. The summed E-state index contributed by atoms with van der Waals surface area (Å²) >= 11 is 0. The molecule has 0 spiro atoms. The lowest BCUT2D eigenvalue weighted by atomic mass is 10.1. The van der Waals surface area contributed by atoms with Gasteiger partial charge in [0.2, 0.25) is 5.88 Å². The minimum atomic E-state index is -0.443. The number of halogens is 1. The maximum Gasteiger partial charge on any atom is 0.222 e. The Balaban J connectivity index is 1.92. The first kappa shape index (κ1) is 16.1. The van der Waals surface area contributed by atoms with Crippen molar-refractivity contribution < 1.29 is 19.0 Å². The van der Waals surface area contributed by atoms with Crippen molar-refractivity contribution in [3.8, 4) is 24.0 Å². The quantitative estimate of drug-likeness (QED) is 0.575. The molecule has 6 nitrogen and oxygen atoms in total. The molecule has 1 aliphatic rings. The first-order valence-corrected chi connectivity index (χ1v) is 7.80. The van der Waals surface area contributed by atoms with Crippen LogP contribution >= 0.6 is 0 Å². The highest BCUT2D eigenvalue weighted by atomic mass is 19.1. The molecular formula is C19H13FN2O4. The fourth-order valence-corrected chi connectivity index (χ4v) is 3.28. The summed E-state index contributed by atoms with van der Waals surface area (Å²) < 4.78 is 26.1. The van der Waals surface area contributed by atoms with Gasteiger partial charge in [0.25, 0.3) is 0 Å². The molecule has 26 heavy (non-hydrogen) atoms. The summed E-state index contributed by atoms with van der Waals surface area (Å²) in [6.45, 7) is 0.374. The second-order valence-corrected chi connectivity index (χ2v) is 5.86. The molecule has 1 aliphatic heterocycles. The summed E-state index contributed by atoms with van der Waals surface area (Å²) in [6.07, 6.45) is 5.49. The predicted molar refractivity (Wildman–Crippen MR) is 92.8 cm³/mol. The fraction of sp³-hybridized carbons (Fsp3) is 0.158. The number of hydrogen-bond donors (Lipinski definition) is 1. The van der Waals surface area contributed by atoms with E-state index in [0.29, 0.717) is 33.3 Å². The number of aromatic nitrogens is 1. The van der Waals surface area contributed by atoms with E-state index < -0.39 is 5.82 Å². The van der Waals surface area contributed by atoms with E-state index >= 15 is 0 Å². The summed E-state index contributed by atoms with van der Waals surface area (Å²) in [7, 11) is 0. The van der Waals surface area contributed by atoms with Gasteiger partial charge in [-0.1, -0.05) is 12.0 Å². The van der Waals surface area contributed by atoms with Crippen LogP contribution in [0.4, 0.5) is 10.1 Å². The normalized spacial score (nSPS) is 13.1. The zero-order valence-corrected chi connectivity index (χ0v) is 13.5. The standard InChI is InChI=1S/C19H13FN2O4/c1-2-11-4-3-5-15-16(11)17(21-24)19(23)22(15)8-12-6-14(20)7-13-9-25-10-26-18(12)13/h1,3-7,23H,8-10H2. The molecule has 0 fully saturated rings. The largest absolute Gasteiger partial charge is 0.493 e. The molecule has 7 heteroatoms. The van der Waals surface area contributed by atoms with Crippen LogP contribution in [0.1, 0.15) is 16.7 Å². The van der Waals surface area contributed by atoms with Crippen molar-refractivity contribution >= 4 is 16.6 Å². The first-order valence-electron chi connectivity index (χ1n) is 7.80. The Labute approximate surface area is 147 Å². The highest BCUT2D eigenvalue weighted by Gasteiger charge is 2.23. The molecule has 0 atom stereocenters. The molecule has 0 unspecified atom stereocenters. The number of hydrogen-bond acceptors (Lipinski definition) is 5. The summed E-state index contributed by atoms with van der Waals surface area (Å²) in [6, 6.07) is 7.76. The van der Waals surface area contributed by atoms with E-state index in [2.05, 4.69) is 11.1 Å². The minimum absolute atomic E-state index is 0.0619. The number of rotatable bonds is 3. The van der Waals surface area contributed by atoms with Gasteiger partial charge in [-0.05, 0) is 29.4 Å². The van der Waals surface area contributed by atoms with Gasteiger partial charge in [0.05, 0.1) is 18.7 Å². The second kappa shape index (κ2) is 6.17. The molecule has 130 valence electrons. The van der Waals surface area contributed by atoms with Gasteiger partial charge >= 0.3 is 0 Å². The van der Waals surface area contributed by atoms with E-state index in [1.165, 1.54) is 16.7 Å². The van der Waals surface area contributed by atoms with Crippen molar-refractivity contribution in [2.75, 3.05) is 6.79 Å². The number of nitroso groups, excluding NO2 is 1. The van der Waals surface area contributed by atoms with Crippen LogP contribution in [-0.4, -0.2) is 16.5 Å². The van der Waals surface area contributed by atoms with Crippen LogP contribution in [0.5, 0.6) is 11.6 Å². The molecule has 0 saturated carbocycles. The van der Waals surface area contributed by atoms with Crippen molar-refractivity contribution in [3.63, 3.8) is 0 Å². The molecule has 0 amide bonds. The highest BCUT2D eigenvalue weighted by Crippen LogP contribution is 2.41. The zero-order chi connectivity index (χ0) is 18.3. The summed E-state index contributed by atoms with van der Waals surface area (Å²) in [4.78, 5) is 11.3. The topological polar surface area (TPSA) is 73.0 Å². The van der Waals surface area contributed by atoms with Crippen LogP contribution in [0.2, 0.25) is 0 Å². The minimum Gasteiger partial charge on any atom is -0.493 e. The van der Waals surface area contributed by atoms with E-state index in [9.17, 15) is 14.4 Å². The van der Waals surface area contributed by atoms with Crippen LogP contribution < -0.4 is 4.74 Å². The maximum atomic E-state index is 14.0. The lowest BCUT2D eigenvalue weighted by Gasteiger charge is -2.21.